The minimum Gasteiger partial charge on any atom is -0.549 e. The van der Waals surface area contributed by atoms with Crippen LogP contribution in [0.15, 0.2) is 53.7 Å². The number of aryl methyl sites for hydroxylation is 1. The number of rotatable bonds is 5. The van der Waals surface area contributed by atoms with Crippen LogP contribution < -0.4 is 0 Å². The maximum absolute atomic E-state index is 12.8. The Balaban J connectivity index is 2.09. The van der Waals surface area contributed by atoms with Crippen molar-refractivity contribution in [1.29, 1.82) is 0 Å². The van der Waals surface area contributed by atoms with Crippen LogP contribution in [0.25, 0.3) is 0 Å². The van der Waals surface area contributed by atoms with Crippen molar-refractivity contribution in [2.45, 2.75) is 50.7 Å². The zero-order chi connectivity index (χ0) is 19.8. The van der Waals surface area contributed by atoms with E-state index in [1.165, 1.54) is 4.31 Å². The number of hydrogen-bond donors (Lipinski definition) is 0. The minimum atomic E-state index is -3.49. The topological polar surface area (TPSA) is 46.6 Å². The molecule has 1 aromatic rings. The Bertz CT molecular complexity index is 789. The van der Waals surface area contributed by atoms with Crippen molar-refractivity contribution in [2.24, 2.45) is 5.92 Å². The van der Waals surface area contributed by atoms with Gasteiger partial charge in [0.1, 0.15) is 0 Å². The van der Waals surface area contributed by atoms with Crippen molar-refractivity contribution in [2.75, 3.05) is 13.1 Å². The average Bonchev–Trinajstić information content (AvgIpc) is 2.88. The van der Waals surface area contributed by atoms with Gasteiger partial charge in [-0.05, 0) is 43.3 Å². The van der Waals surface area contributed by atoms with E-state index in [0.717, 1.165) is 11.1 Å². The second kappa shape index (κ2) is 7.33. The molecule has 0 saturated carbocycles. The fraction of sp³-hybridized carbons (Fsp3) is 0.500. The fourth-order valence-electron chi connectivity index (χ4n) is 2.48. The van der Waals surface area contributed by atoms with Crippen LogP contribution in [0.2, 0.25) is 18.1 Å². The van der Waals surface area contributed by atoms with Crippen molar-refractivity contribution in [3.63, 3.8) is 0 Å². The molecule has 0 amide bonds. The number of sulfonamides is 1. The highest BCUT2D eigenvalue weighted by Crippen LogP contribution is 2.37. The van der Waals surface area contributed by atoms with E-state index in [1.54, 1.807) is 18.4 Å². The Morgan fingerprint density at radius 2 is 1.81 bits per heavy atom. The number of hydrogen-bond acceptors (Lipinski definition) is 3. The number of benzene rings is 1. The van der Waals surface area contributed by atoms with E-state index >= 15 is 0 Å². The van der Waals surface area contributed by atoms with Crippen LogP contribution in [0.5, 0.6) is 0 Å². The van der Waals surface area contributed by atoms with Crippen LogP contribution >= 0.6 is 0 Å². The van der Waals surface area contributed by atoms with Gasteiger partial charge in [0.05, 0.1) is 11.2 Å². The highest BCUT2D eigenvalue weighted by atomic mass is 32.2. The molecule has 0 radical (unpaired) electrons. The average molecular weight is 394 g/mol. The largest absolute Gasteiger partial charge is 0.549 e. The van der Waals surface area contributed by atoms with Crippen LogP contribution in [0.4, 0.5) is 0 Å². The number of nitrogens with zero attached hydrogens (tertiary/aromatic N) is 1. The standard InChI is InChI=1S/C20H31NO3SSi/c1-16-8-10-19(11-9-16)25(22,23)21-14-17(2)18(15-21)12-13-24-26(6,7)20(3,4)5/h8-13,18H,2,14-15H2,1,3-7H3/b13-12+/t18-/m1/s1. The molecule has 0 aromatic heterocycles. The summed E-state index contributed by atoms with van der Waals surface area (Å²) in [5.41, 5.74) is 1.94. The fourth-order valence-corrected chi connectivity index (χ4v) is 4.72. The summed E-state index contributed by atoms with van der Waals surface area (Å²) in [7, 11) is -5.35. The van der Waals surface area contributed by atoms with Gasteiger partial charge in [0.2, 0.25) is 18.3 Å². The maximum Gasteiger partial charge on any atom is 0.249 e. The molecule has 1 atom stereocenters. The lowest BCUT2D eigenvalue weighted by Gasteiger charge is -2.35. The summed E-state index contributed by atoms with van der Waals surface area (Å²) in [6.07, 6.45) is 3.71. The van der Waals surface area contributed by atoms with Crippen LogP contribution in [0, 0.1) is 12.8 Å². The molecule has 0 unspecified atom stereocenters. The van der Waals surface area contributed by atoms with E-state index in [0.29, 0.717) is 18.0 Å². The Hall–Kier alpha value is -1.37. The molecular weight excluding hydrogens is 362 g/mol. The van der Waals surface area contributed by atoms with Crippen LogP contribution in [-0.4, -0.2) is 34.1 Å². The predicted octanol–water partition coefficient (Wildman–Crippen LogP) is 4.71. The highest BCUT2D eigenvalue weighted by molar-refractivity contribution is 7.89. The second-order valence-corrected chi connectivity index (χ2v) is 15.3. The highest BCUT2D eigenvalue weighted by Gasteiger charge is 2.38. The van der Waals surface area contributed by atoms with Crippen molar-refractivity contribution >= 4 is 18.3 Å². The summed E-state index contributed by atoms with van der Waals surface area (Å²) < 4.78 is 33.2. The summed E-state index contributed by atoms with van der Waals surface area (Å²) in [5.74, 6) is -0.0139. The van der Waals surface area contributed by atoms with Gasteiger partial charge in [-0.3, -0.25) is 0 Å². The zero-order valence-corrected chi connectivity index (χ0v) is 18.6. The van der Waals surface area contributed by atoms with E-state index < -0.39 is 18.3 Å². The molecular formula is C20H31NO3SSi. The molecule has 0 N–H and O–H groups in total. The van der Waals surface area contributed by atoms with Gasteiger partial charge in [0.25, 0.3) is 0 Å². The first kappa shape index (κ1) is 20.9. The van der Waals surface area contributed by atoms with Crippen LogP contribution in [0.3, 0.4) is 0 Å². The van der Waals surface area contributed by atoms with Gasteiger partial charge in [-0.25, -0.2) is 8.42 Å². The van der Waals surface area contributed by atoms with Gasteiger partial charge >= 0.3 is 0 Å². The Kier molecular flexibility index (Phi) is 5.90. The first-order chi connectivity index (χ1) is 11.8. The van der Waals surface area contributed by atoms with E-state index in [2.05, 4.69) is 40.4 Å². The molecule has 1 fully saturated rings. The third-order valence-electron chi connectivity index (χ3n) is 5.44. The minimum absolute atomic E-state index is 0.0139. The Morgan fingerprint density at radius 1 is 1.23 bits per heavy atom. The normalized spacial score (nSPS) is 20.1. The summed E-state index contributed by atoms with van der Waals surface area (Å²) in [6, 6.07) is 6.97. The van der Waals surface area contributed by atoms with Gasteiger partial charge in [0, 0.05) is 19.0 Å². The Morgan fingerprint density at radius 3 is 2.35 bits per heavy atom. The van der Waals surface area contributed by atoms with Crippen molar-refractivity contribution in [3.05, 3.63) is 54.3 Å². The maximum atomic E-state index is 12.8. The third-order valence-corrected chi connectivity index (χ3v) is 11.6. The van der Waals surface area contributed by atoms with Crippen molar-refractivity contribution in [1.82, 2.24) is 4.31 Å². The summed E-state index contributed by atoms with van der Waals surface area (Å²) in [6.45, 7) is 17.7. The lowest BCUT2D eigenvalue weighted by atomic mass is 10.1. The molecule has 2 rings (SSSR count). The second-order valence-electron chi connectivity index (χ2n) is 8.58. The summed E-state index contributed by atoms with van der Waals surface area (Å²) >= 11 is 0. The van der Waals surface area contributed by atoms with Gasteiger partial charge < -0.3 is 4.43 Å². The molecule has 1 saturated heterocycles. The molecule has 0 bridgehead atoms. The quantitative estimate of drug-likeness (QED) is 0.413. The first-order valence-electron chi connectivity index (χ1n) is 8.93. The molecule has 6 heteroatoms. The SMILES string of the molecule is C=C1CN(S(=O)(=O)c2ccc(C)cc2)C[C@H]1/C=C/O[Si](C)(C)C(C)(C)C. The van der Waals surface area contributed by atoms with Crippen molar-refractivity contribution in [3.8, 4) is 0 Å². The molecule has 1 aliphatic rings. The summed E-state index contributed by atoms with van der Waals surface area (Å²) in [4.78, 5) is 0.332. The van der Waals surface area contributed by atoms with E-state index in [-0.39, 0.29) is 11.0 Å². The first-order valence-corrected chi connectivity index (χ1v) is 13.3. The van der Waals surface area contributed by atoms with Gasteiger partial charge in [0.15, 0.2) is 0 Å². The van der Waals surface area contributed by atoms with Gasteiger partial charge in [-0.2, -0.15) is 4.31 Å². The lowest BCUT2D eigenvalue weighted by Crippen LogP contribution is -2.39. The predicted molar refractivity (Wildman–Crippen MR) is 110 cm³/mol. The van der Waals surface area contributed by atoms with E-state index in [9.17, 15) is 8.42 Å². The summed E-state index contributed by atoms with van der Waals surface area (Å²) in [5, 5.41) is 0.130. The van der Waals surface area contributed by atoms with E-state index in [1.807, 2.05) is 25.1 Å². The van der Waals surface area contributed by atoms with Crippen LogP contribution in [-0.2, 0) is 14.4 Å². The van der Waals surface area contributed by atoms with Crippen molar-refractivity contribution < 1.29 is 12.8 Å². The molecule has 1 aromatic carbocycles. The monoisotopic (exact) mass is 393 g/mol. The molecule has 0 spiro atoms. The molecule has 1 heterocycles. The lowest BCUT2D eigenvalue weighted by molar-refractivity contribution is 0.424. The van der Waals surface area contributed by atoms with Gasteiger partial charge in [-0.1, -0.05) is 50.6 Å². The zero-order valence-electron chi connectivity index (χ0n) is 16.7. The molecule has 26 heavy (non-hydrogen) atoms. The van der Waals surface area contributed by atoms with Crippen LogP contribution in [0.1, 0.15) is 26.3 Å². The molecule has 0 aliphatic carbocycles. The molecule has 144 valence electrons. The van der Waals surface area contributed by atoms with Gasteiger partial charge in [-0.15, -0.1) is 0 Å². The molecule has 4 nitrogen and oxygen atoms in total. The smallest absolute Gasteiger partial charge is 0.249 e. The Labute approximate surface area is 159 Å². The molecule has 1 aliphatic heterocycles. The van der Waals surface area contributed by atoms with E-state index in [4.69, 9.17) is 4.43 Å². The third kappa shape index (κ3) is 4.48.